The number of para-hydroxylation sites is 1. The van der Waals surface area contributed by atoms with Gasteiger partial charge in [0.2, 0.25) is 5.95 Å². The van der Waals surface area contributed by atoms with Crippen molar-refractivity contribution in [2.24, 2.45) is 0 Å². The number of aryl methyl sites for hydroxylation is 1. The normalized spacial score (nSPS) is 18.8. The number of likely N-dealkylation sites (tertiary alicyclic amines) is 1. The maximum absolute atomic E-state index is 13.9. The number of rotatable bonds is 5. The van der Waals surface area contributed by atoms with Crippen LogP contribution in [0.5, 0.6) is 5.75 Å². The molecule has 3 heterocycles. The number of aromatic nitrogens is 2. The molecule has 35 heavy (non-hydrogen) atoms. The van der Waals surface area contributed by atoms with Crippen molar-refractivity contribution in [3.63, 3.8) is 0 Å². The van der Waals surface area contributed by atoms with Gasteiger partial charge in [0.05, 0.1) is 16.1 Å². The van der Waals surface area contributed by atoms with Crippen LogP contribution in [0, 0.1) is 12.7 Å². The van der Waals surface area contributed by atoms with Crippen LogP contribution in [-0.4, -0.2) is 67.9 Å². The van der Waals surface area contributed by atoms with Crippen molar-refractivity contribution in [1.82, 2.24) is 14.9 Å². The second kappa shape index (κ2) is 9.70. The zero-order valence-corrected chi connectivity index (χ0v) is 21.0. The molecule has 9 heteroatoms. The third kappa shape index (κ3) is 5.26. The topological polar surface area (TPSA) is 75.6 Å². The Hall–Kier alpha value is -2.78. The minimum Gasteiger partial charge on any atom is -0.487 e. The third-order valence-electron chi connectivity index (χ3n) is 7.15. The SMILES string of the molecule is Cc1nc(N2CCC(N3CCC(Oc4ccccc4F)CC3)CC2)nc2cc(S(C)(=O)=O)ccc12. The molecule has 0 radical (unpaired) electrons. The van der Waals surface area contributed by atoms with Crippen LogP contribution in [0.25, 0.3) is 10.9 Å². The van der Waals surface area contributed by atoms with E-state index in [-0.39, 0.29) is 16.8 Å². The van der Waals surface area contributed by atoms with Crippen molar-refractivity contribution in [1.29, 1.82) is 0 Å². The maximum atomic E-state index is 13.9. The summed E-state index contributed by atoms with van der Waals surface area (Å²) in [5.41, 5.74) is 1.51. The Morgan fingerprint density at radius 3 is 2.37 bits per heavy atom. The maximum Gasteiger partial charge on any atom is 0.226 e. The van der Waals surface area contributed by atoms with E-state index in [1.54, 1.807) is 36.4 Å². The average Bonchev–Trinajstić information content (AvgIpc) is 2.85. The van der Waals surface area contributed by atoms with Gasteiger partial charge in [-0.1, -0.05) is 12.1 Å². The highest BCUT2D eigenvalue weighted by atomic mass is 32.2. The molecular weight excluding hydrogens is 467 g/mol. The smallest absolute Gasteiger partial charge is 0.226 e. The monoisotopic (exact) mass is 498 g/mol. The van der Waals surface area contributed by atoms with Gasteiger partial charge in [-0.15, -0.1) is 0 Å². The zero-order chi connectivity index (χ0) is 24.6. The third-order valence-corrected chi connectivity index (χ3v) is 8.26. The molecule has 2 saturated heterocycles. The number of hydrogen-bond acceptors (Lipinski definition) is 7. The molecule has 5 rings (SSSR count). The van der Waals surface area contributed by atoms with Crippen LogP contribution >= 0.6 is 0 Å². The Labute approximate surface area is 205 Å². The van der Waals surface area contributed by atoms with Crippen LogP contribution in [0.4, 0.5) is 10.3 Å². The van der Waals surface area contributed by atoms with Crippen LogP contribution in [0.2, 0.25) is 0 Å². The van der Waals surface area contributed by atoms with Crippen LogP contribution in [-0.2, 0) is 9.84 Å². The van der Waals surface area contributed by atoms with E-state index in [1.807, 2.05) is 6.92 Å². The second-order valence-corrected chi connectivity index (χ2v) is 11.6. The summed E-state index contributed by atoms with van der Waals surface area (Å²) < 4.78 is 43.8. The molecule has 3 aromatic rings. The Morgan fingerprint density at radius 1 is 0.971 bits per heavy atom. The average molecular weight is 499 g/mol. The molecule has 0 aliphatic carbocycles. The van der Waals surface area contributed by atoms with Crippen LogP contribution in [0.1, 0.15) is 31.4 Å². The van der Waals surface area contributed by atoms with Crippen LogP contribution in [0.3, 0.4) is 0 Å². The predicted molar refractivity (Wildman–Crippen MR) is 134 cm³/mol. The lowest BCUT2D eigenvalue weighted by molar-refractivity contribution is 0.0652. The summed E-state index contributed by atoms with van der Waals surface area (Å²) in [6.45, 7) is 5.54. The van der Waals surface area contributed by atoms with E-state index in [0.29, 0.717) is 23.3 Å². The minimum atomic E-state index is -3.30. The summed E-state index contributed by atoms with van der Waals surface area (Å²) in [5, 5.41) is 0.872. The lowest BCUT2D eigenvalue weighted by Gasteiger charge is -2.41. The fourth-order valence-corrected chi connectivity index (χ4v) is 5.78. The van der Waals surface area contributed by atoms with Crippen molar-refractivity contribution >= 4 is 26.7 Å². The Balaban J connectivity index is 1.19. The molecule has 0 saturated carbocycles. The molecule has 7 nitrogen and oxygen atoms in total. The first-order valence-electron chi connectivity index (χ1n) is 12.2. The van der Waals surface area contributed by atoms with Gasteiger partial charge in [-0.2, -0.15) is 0 Å². The summed E-state index contributed by atoms with van der Waals surface area (Å²) >= 11 is 0. The van der Waals surface area contributed by atoms with Gasteiger partial charge in [0, 0.05) is 43.9 Å². The van der Waals surface area contributed by atoms with Gasteiger partial charge in [0.25, 0.3) is 0 Å². The van der Waals surface area contributed by atoms with Gasteiger partial charge in [-0.05, 0) is 62.9 Å². The number of ether oxygens (including phenoxy) is 1. The number of nitrogens with zero attached hydrogens (tertiary/aromatic N) is 4. The number of fused-ring (bicyclic) bond motifs is 1. The lowest BCUT2D eigenvalue weighted by atomic mass is 9.99. The molecule has 186 valence electrons. The fourth-order valence-electron chi connectivity index (χ4n) is 5.13. The van der Waals surface area contributed by atoms with E-state index < -0.39 is 9.84 Å². The zero-order valence-electron chi connectivity index (χ0n) is 20.2. The van der Waals surface area contributed by atoms with E-state index >= 15 is 0 Å². The van der Waals surface area contributed by atoms with Crippen LogP contribution in [0.15, 0.2) is 47.4 Å². The molecule has 2 fully saturated rings. The van der Waals surface area contributed by atoms with E-state index in [2.05, 4.69) is 9.80 Å². The van der Waals surface area contributed by atoms with E-state index in [0.717, 1.165) is 62.9 Å². The molecule has 2 aliphatic heterocycles. The summed E-state index contributed by atoms with van der Waals surface area (Å²) in [6.07, 6.45) is 5.08. The molecular formula is C26H31FN4O3S. The van der Waals surface area contributed by atoms with Gasteiger partial charge in [-0.3, -0.25) is 4.90 Å². The number of anilines is 1. The van der Waals surface area contributed by atoms with Crippen molar-refractivity contribution in [2.75, 3.05) is 37.3 Å². The quantitative estimate of drug-likeness (QED) is 0.526. The van der Waals surface area contributed by atoms with E-state index in [4.69, 9.17) is 14.7 Å². The highest BCUT2D eigenvalue weighted by molar-refractivity contribution is 7.90. The number of piperidine rings is 2. The minimum absolute atomic E-state index is 0.0500. The van der Waals surface area contributed by atoms with Gasteiger partial charge < -0.3 is 9.64 Å². The fraction of sp³-hybridized carbons (Fsp3) is 0.462. The number of benzene rings is 2. The highest BCUT2D eigenvalue weighted by Crippen LogP contribution is 2.28. The molecule has 0 atom stereocenters. The number of hydrogen-bond donors (Lipinski definition) is 0. The van der Waals surface area contributed by atoms with Gasteiger partial charge >= 0.3 is 0 Å². The highest BCUT2D eigenvalue weighted by Gasteiger charge is 2.30. The summed E-state index contributed by atoms with van der Waals surface area (Å²) in [7, 11) is -3.30. The summed E-state index contributed by atoms with van der Waals surface area (Å²) in [4.78, 5) is 14.4. The van der Waals surface area contributed by atoms with Gasteiger partial charge in [-0.25, -0.2) is 22.8 Å². The Bertz CT molecular complexity index is 1320. The number of halogens is 1. The first-order valence-corrected chi connectivity index (χ1v) is 14.1. The Kier molecular flexibility index (Phi) is 6.63. The van der Waals surface area contributed by atoms with Crippen molar-refractivity contribution in [3.05, 3.63) is 54.0 Å². The molecule has 2 aliphatic rings. The standard InChI is InChI=1S/C26H31FN4O3S/c1-18-22-8-7-21(35(2,32)33)17-24(22)29-26(28-18)31-13-9-19(10-14-31)30-15-11-20(12-16-30)34-25-6-4-3-5-23(25)27/h3-8,17,19-20H,9-16H2,1-2H3. The van der Waals surface area contributed by atoms with Crippen molar-refractivity contribution in [3.8, 4) is 5.75 Å². The summed E-state index contributed by atoms with van der Waals surface area (Å²) in [5.74, 6) is 0.700. The van der Waals surface area contributed by atoms with Crippen LogP contribution < -0.4 is 9.64 Å². The Morgan fingerprint density at radius 2 is 1.69 bits per heavy atom. The molecule has 0 N–H and O–H groups in total. The molecule has 0 bridgehead atoms. The second-order valence-electron chi connectivity index (χ2n) is 9.56. The first-order chi connectivity index (χ1) is 16.8. The van der Waals surface area contributed by atoms with Gasteiger partial charge in [0.1, 0.15) is 6.10 Å². The molecule has 0 unspecified atom stereocenters. The van der Waals surface area contributed by atoms with E-state index in [1.165, 1.54) is 12.3 Å². The van der Waals surface area contributed by atoms with Gasteiger partial charge in [0.15, 0.2) is 21.4 Å². The van der Waals surface area contributed by atoms with E-state index in [9.17, 15) is 12.8 Å². The molecule has 0 amide bonds. The summed E-state index contributed by atoms with van der Waals surface area (Å²) in [6, 6.07) is 12.1. The lowest BCUT2D eigenvalue weighted by Crippen LogP contribution is -2.49. The predicted octanol–water partition coefficient (Wildman–Crippen LogP) is 3.99. The van der Waals surface area contributed by atoms with Crippen molar-refractivity contribution in [2.45, 2.75) is 49.6 Å². The van der Waals surface area contributed by atoms with Crippen molar-refractivity contribution < 1.29 is 17.5 Å². The molecule has 2 aromatic carbocycles. The largest absolute Gasteiger partial charge is 0.487 e. The number of sulfone groups is 1. The first kappa shape index (κ1) is 23.9. The molecule has 1 aromatic heterocycles. The molecule has 0 spiro atoms.